The summed E-state index contributed by atoms with van der Waals surface area (Å²) in [6.45, 7) is 5.29. The van der Waals surface area contributed by atoms with Gasteiger partial charge in [-0.05, 0) is 51.1 Å². The predicted molar refractivity (Wildman–Crippen MR) is 114 cm³/mol. The summed E-state index contributed by atoms with van der Waals surface area (Å²) in [7, 11) is -3.76. The van der Waals surface area contributed by atoms with E-state index in [4.69, 9.17) is 27.9 Å². The van der Waals surface area contributed by atoms with Crippen molar-refractivity contribution < 1.29 is 17.9 Å². The standard InChI is InChI=1S/C19H22Cl2N2O4S/c1-12(2)27-16-7-5-6-14(10-16)22-19(24)13(3)23(28(4,25)26)15-8-9-17(20)18(21)11-15/h5-13H,1-4H3,(H,22,24). The molecule has 1 unspecified atom stereocenters. The lowest BCUT2D eigenvalue weighted by Crippen LogP contribution is -2.45. The molecule has 2 aromatic rings. The smallest absolute Gasteiger partial charge is 0.247 e. The zero-order chi connectivity index (χ0) is 21.1. The fourth-order valence-electron chi connectivity index (χ4n) is 2.60. The molecule has 0 heterocycles. The van der Waals surface area contributed by atoms with Crippen molar-refractivity contribution >= 4 is 50.5 Å². The molecule has 0 aromatic heterocycles. The first-order valence-corrected chi connectivity index (χ1v) is 11.1. The fourth-order valence-corrected chi connectivity index (χ4v) is 4.06. The summed E-state index contributed by atoms with van der Waals surface area (Å²) in [5.74, 6) is 0.100. The van der Waals surface area contributed by atoms with Gasteiger partial charge in [-0.15, -0.1) is 0 Å². The van der Waals surface area contributed by atoms with E-state index in [-0.39, 0.29) is 21.8 Å². The molecule has 2 rings (SSSR count). The average Bonchev–Trinajstić information content (AvgIpc) is 2.56. The van der Waals surface area contributed by atoms with Crippen LogP contribution in [-0.4, -0.2) is 32.7 Å². The molecule has 0 aliphatic rings. The fraction of sp³-hybridized carbons (Fsp3) is 0.316. The van der Waals surface area contributed by atoms with Crippen molar-refractivity contribution in [3.05, 3.63) is 52.5 Å². The molecule has 1 N–H and O–H groups in total. The first kappa shape index (κ1) is 22.3. The first-order chi connectivity index (χ1) is 13.0. The second kappa shape index (κ2) is 9.03. The Hall–Kier alpha value is -1.96. The van der Waals surface area contributed by atoms with E-state index in [1.165, 1.54) is 25.1 Å². The summed E-state index contributed by atoms with van der Waals surface area (Å²) in [5.41, 5.74) is 0.744. The largest absolute Gasteiger partial charge is 0.491 e. The van der Waals surface area contributed by atoms with Crippen molar-refractivity contribution in [2.45, 2.75) is 32.9 Å². The maximum Gasteiger partial charge on any atom is 0.247 e. The number of ether oxygens (including phenoxy) is 1. The third-order valence-electron chi connectivity index (χ3n) is 3.72. The molecule has 0 spiro atoms. The molecule has 9 heteroatoms. The quantitative estimate of drug-likeness (QED) is 0.677. The number of hydrogen-bond donors (Lipinski definition) is 1. The molecule has 152 valence electrons. The summed E-state index contributed by atoms with van der Waals surface area (Å²) in [6, 6.07) is 10.2. The number of carbonyl (C=O) groups excluding carboxylic acids is 1. The molecule has 0 fully saturated rings. The van der Waals surface area contributed by atoms with Gasteiger partial charge in [0, 0.05) is 11.8 Å². The number of amides is 1. The van der Waals surface area contributed by atoms with Crippen LogP contribution in [-0.2, 0) is 14.8 Å². The highest BCUT2D eigenvalue weighted by atomic mass is 35.5. The van der Waals surface area contributed by atoms with Gasteiger partial charge in [0.15, 0.2) is 0 Å². The van der Waals surface area contributed by atoms with E-state index in [1.54, 1.807) is 24.3 Å². The average molecular weight is 445 g/mol. The number of nitrogens with one attached hydrogen (secondary N) is 1. The van der Waals surface area contributed by atoms with Gasteiger partial charge in [0.05, 0.1) is 28.1 Å². The van der Waals surface area contributed by atoms with Crippen molar-refractivity contribution in [3.8, 4) is 5.75 Å². The van der Waals surface area contributed by atoms with E-state index in [0.29, 0.717) is 11.4 Å². The lowest BCUT2D eigenvalue weighted by atomic mass is 10.2. The van der Waals surface area contributed by atoms with E-state index >= 15 is 0 Å². The van der Waals surface area contributed by atoms with Crippen molar-refractivity contribution in [1.29, 1.82) is 0 Å². The van der Waals surface area contributed by atoms with Crippen LogP contribution in [0.5, 0.6) is 5.75 Å². The minimum Gasteiger partial charge on any atom is -0.491 e. The summed E-state index contributed by atoms with van der Waals surface area (Å²) in [6.07, 6.45) is 1.01. The number of carbonyl (C=O) groups is 1. The maximum absolute atomic E-state index is 12.7. The number of nitrogens with zero attached hydrogens (tertiary/aromatic N) is 1. The summed E-state index contributed by atoms with van der Waals surface area (Å²) >= 11 is 11.9. The van der Waals surface area contributed by atoms with Gasteiger partial charge in [-0.3, -0.25) is 9.10 Å². The molecule has 0 bridgehead atoms. The van der Waals surface area contributed by atoms with Crippen LogP contribution in [0, 0.1) is 0 Å². The van der Waals surface area contributed by atoms with Crippen molar-refractivity contribution in [2.75, 3.05) is 15.9 Å². The lowest BCUT2D eigenvalue weighted by molar-refractivity contribution is -0.116. The van der Waals surface area contributed by atoms with Crippen LogP contribution in [0.4, 0.5) is 11.4 Å². The number of sulfonamides is 1. The summed E-state index contributed by atoms with van der Waals surface area (Å²) in [4.78, 5) is 12.7. The number of hydrogen-bond acceptors (Lipinski definition) is 4. The minimum atomic E-state index is -3.76. The predicted octanol–water partition coefficient (Wildman–Crippen LogP) is 4.57. The molecular formula is C19H22Cl2N2O4S. The number of halogens is 2. The molecule has 28 heavy (non-hydrogen) atoms. The topological polar surface area (TPSA) is 75.7 Å². The second-order valence-corrected chi connectivity index (χ2v) is 9.19. The number of rotatable bonds is 7. The van der Waals surface area contributed by atoms with Crippen LogP contribution in [0.15, 0.2) is 42.5 Å². The van der Waals surface area contributed by atoms with Gasteiger partial charge in [-0.2, -0.15) is 0 Å². The highest BCUT2D eigenvalue weighted by Crippen LogP contribution is 2.30. The van der Waals surface area contributed by atoms with Crippen LogP contribution in [0.1, 0.15) is 20.8 Å². The van der Waals surface area contributed by atoms with Gasteiger partial charge in [0.2, 0.25) is 15.9 Å². The Morgan fingerprint density at radius 3 is 2.32 bits per heavy atom. The SMILES string of the molecule is CC(C)Oc1cccc(NC(=O)C(C)N(c2ccc(Cl)c(Cl)c2)S(C)(=O)=O)c1. The molecule has 0 saturated heterocycles. The highest BCUT2D eigenvalue weighted by Gasteiger charge is 2.29. The molecule has 1 amide bonds. The lowest BCUT2D eigenvalue weighted by Gasteiger charge is -2.28. The summed E-state index contributed by atoms with van der Waals surface area (Å²) < 4.78 is 31.3. The van der Waals surface area contributed by atoms with Crippen molar-refractivity contribution in [2.24, 2.45) is 0 Å². The van der Waals surface area contributed by atoms with Gasteiger partial charge >= 0.3 is 0 Å². The van der Waals surface area contributed by atoms with Gasteiger partial charge in [0.1, 0.15) is 11.8 Å². The Labute approximate surface area is 175 Å². The Kier molecular flexibility index (Phi) is 7.20. The monoisotopic (exact) mass is 444 g/mol. The van der Waals surface area contributed by atoms with Gasteiger partial charge < -0.3 is 10.1 Å². The van der Waals surface area contributed by atoms with Gasteiger partial charge in [-0.25, -0.2) is 8.42 Å². The number of benzene rings is 2. The summed E-state index contributed by atoms with van der Waals surface area (Å²) in [5, 5.41) is 3.20. The molecule has 0 saturated carbocycles. The van der Waals surface area contributed by atoms with Gasteiger partial charge in [0.25, 0.3) is 0 Å². The van der Waals surface area contributed by atoms with Gasteiger partial charge in [-0.1, -0.05) is 29.3 Å². The van der Waals surface area contributed by atoms with E-state index in [0.717, 1.165) is 10.6 Å². The third-order valence-corrected chi connectivity index (χ3v) is 5.70. The van der Waals surface area contributed by atoms with Crippen LogP contribution < -0.4 is 14.4 Å². The van der Waals surface area contributed by atoms with Crippen molar-refractivity contribution in [3.63, 3.8) is 0 Å². The molecule has 0 aliphatic carbocycles. The van der Waals surface area contributed by atoms with Crippen LogP contribution in [0.2, 0.25) is 10.0 Å². The Morgan fingerprint density at radius 2 is 1.75 bits per heavy atom. The molecule has 1 atom stereocenters. The number of anilines is 2. The maximum atomic E-state index is 12.7. The van der Waals surface area contributed by atoms with Crippen LogP contribution in [0.25, 0.3) is 0 Å². The molecule has 0 radical (unpaired) electrons. The Bertz CT molecular complexity index is 964. The third kappa shape index (κ3) is 5.77. The zero-order valence-corrected chi connectivity index (χ0v) is 18.3. The minimum absolute atomic E-state index is 0.0137. The van der Waals surface area contributed by atoms with Crippen molar-refractivity contribution in [1.82, 2.24) is 0 Å². The molecule has 0 aliphatic heterocycles. The van der Waals surface area contributed by atoms with Crippen LogP contribution >= 0.6 is 23.2 Å². The normalized spacial score (nSPS) is 12.5. The van der Waals surface area contributed by atoms with E-state index < -0.39 is 22.0 Å². The Balaban J connectivity index is 2.28. The van der Waals surface area contributed by atoms with E-state index in [1.807, 2.05) is 13.8 Å². The molecular weight excluding hydrogens is 423 g/mol. The van der Waals surface area contributed by atoms with Crippen LogP contribution in [0.3, 0.4) is 0 Å². The zero-order valence-electron chi connectivity index (χ0n) is 15.9. The van der Waals surface area contributed by atoms with E-state index in [2.05, 4.69) is 5.32 Å². The molecule has 2 aromatic carbocycles. The second-order valence-electron chi connectivity index (χ2n) is 6.52. The highest BCUT2D eigenvalue weighted by molar-refractivity contribution is 7.92. The first-order valence-electron chi connectivity index (χ1n) is 8.51. The molecule has 6 nitrogen and oxygen atoms in total. The van der Waals surface area contributed by atoms with E-state index in [9.17, 15) is 13.2 Å². The Morgan fingerprint density at radius 1 is 1.07 bits per heavy atom.